The fourth-order valence-corrected chi connectivity index (χ4v) is 4.03. The number of aliphatic imine (C=N–C) groups is 1. The van der Waals surface area contributed by atoms with Gasteiger partial charge in [-0.05, 0) is 51.0 Å². The number of para-hydroxylation sites is 1. The summed E-state index contributed by atoms with van der Waals surface area (Å²) < 4.78 is 1.88. The number of aryl methyl sites for hydroxylation is 1. The number of carbonyl (C=O) groups excluding carboxylic acids is 1. The molecular weight excluding hydrogens is 350 g/mol. The van der Waals surface area contributed by atoms with E-state index >= 15 is 0 Å². The summed E-state index contributed by atoms with van der Waals surface area (Å²) in [6, 6.07) is 12.1. The third-order valence-corrected chi connectivity index (χ3v) is 5.51. The topological polar surface area (TPSA) is 61.7 Å². The molecule has 1 saturated heterocycles. The molecule has 6 nitrogen and oxygen atoms in total. The van der Waals surface area contributed by atoms with Gasteiger partial charge in [-0.25, -0.2) is 0 Å². The molecule has 1 spiro atoms. The first-order valence-corrected chi connectivity index (χ1v) is 9.88. The quantitative estimate of drug-likeness (QED) is 0.801. The van der Waals surface area contributed by atoms with Gasteiger partial charge in [-0.1, -0.05) is 18.2 Å². The van der Waals surface area contributed by atoms with Crippen LogP contribution in [0.15, 0.2) is 47.6 Å². The van der Waals surface area contributed by atoms with E-state index in [1.54, 1.807) is 0 Å². The summed E-state index contributed by atoms with van der Waals surface area (Å²) in [5, 5.41) is 7.34. The second-order valence-electron chi connectivity index (χ2n) is 8.83. The van der Waals surface area contributed by atoms with Crippen LogP contribution >= 0.6 is 0 Å². The van der Waals surface area contributed by atoms with Crippen molar-refractivity contribution in [2.45, 2.75) is 44.8 Å². The van der Waals surface area contributed by atoms with Crippen molar-refractivity contribution < 1.29 is 4.79 Å². The molecule has 6 heteroatoms. The van der Waals surface area contributed by atoms with Crippen LogP contribution in [0.5, 0.6) is 0 Å². The largest absolute Gasteiger partial charge is 0.347 e. The van der Waals surface area contributed by atoms with Gasteiger partial charge in [0.15, 0.2) is 0 Å². The Morgan fingerprint density at radius 1 is 1.18 bits per heavy atom. The molecule has 1 amide bonds. The molecule has 1 fully saturated rings. The molecule has 148 valence electrons. The molecule has 0 saturated carbocycles. The number of hydrogen-bond donors (Lipinski definition) is 2. The van der Waals surface area contributed by atoms with Crippen molar-refractivity contribution in [1.82, 2.24) is 14.8 Å². The van der Waals surface area contributed by atoms with Crippen molar-refractivity contribution in [1.29, 1.82) is 0 Å². The van der Waals surface area contributed by atoms with Crippen LogP contribution in [0.1, 0.15) is 43.2 Å². The molecule has 2 aromatic rings. The summed E-state index contributed by atoms with van der Waals surface area (Å²) in [5.41, 5.74) is 2.44. The lowest BCUT2D eigenvalue weighted by Crippen LogP contribution is -2.56. The molecule has 4 rings (SSSR count). The average Bonchev–Trinajstić information content (AvgIpc) is 3.22. The van der Waals surface area contributed by atoms with Crippen LogP contribution in [0.25, 0.3) is 0 Å². The van der Waals surface area contributed by atoms with Gasteiger partial charge in [0, 0.05) is 38.6 Å². The lowest BCUT2D eigenvalue weighted by Gasteiger charge is -2.32. The number of hydrogen-bond acceptors (Lipinski definition) is 3. The first-order valence-electron chi connectivity index (χ1n) is 9.88. The number of fused-ring (bicyclic) bond motifs is 1. The highest BCUT2D eigenvalue weighted by molar-refractivity contribution is 6.05. The van der Waals surface area contributed by atoms with E-state index in [1.807, 2.05) is 40.9 Å². The maximum Gasteiger partial charge on any atom is 0.270 e. The van der Waals surface area contributed by atoms with Crippen LogP contribution < -0.4 is 10.6 Å². The van der Waals surface area contributed by atoms with Crippen molar-refractivity contribution >= 4 is 17.4 Å². The second-order valence-corrected chi connectivity index (χ2v) is 8.83. The van der Waals surface area contributed by atoms with E-state index in [1.165, 1.54) is 5.56 Å². The molecule has 0 radical (unpaired) electrons. The zero-order valence-corrected chi connectivity index (χ0v) is 17.1. The normalized spacial score (nSPS) is 23.6. The zero-order chi connectivity index (χ0) is 19.9. The molecule has 1 aromatic carbocycles. The fourth-order valence-electron chi connectivity index (χ4n) is 4.03. The Labute approximate surface area is 166 Å². The molecule has 1 atom stereocenters. The van der Waals surface area contributed by atoms with Crippen LogP contribution in [0.2, 0.25) is 0 Å². The number of aromatic nitrogens is 1. The third kappa shape index (κ3) is 3.44. The molecule has 28 heavy (non-hydrogen) atoms. The average molecular weight is 380 g/mol. The Morgan fingerprint density at radius 2 is 1.96 bits per heavy atom. The number of benzene rings is 1. The molecule has 0 unspecified atom stereocenters. The molecule has 1 aromatic heterocycles. The van der Waals surface area contributed by atoms with Crippen LogP contribution in [-0.4, -0.2) is 45.4 Å². The van der Waals surface area contributed by atoms with Crippen molar-refractivity contribution in [3.05, 3.63) is 53.9 Å². The van der Waals surface area contributed by atoms with Crippen molar-refractivity contribution in [2.75, 3.05) is 18.4 Å². The maximum absolute atomic E-state index is 13.1. The number of nitrogens with one attached hydrogen (secondary N) is 2. The Balaban J connectivity index is 1.68. The van der Waals surface area contributed by atoms with Crippen LogP contribution in [0.4, 0.5) is 5.69 Å². The van der Waals surface area contributed by atoms with Gasteiger partial charge in [-0.15, -0.1) is 0 Å². The summed E-state index contributed by atoms with van der Waals surface area (Å²) in [7, 11) is 1.91. The number of likely N-dealkylation sites (tertiary alicyclic amines) is 1. The van der Waals surface area contributed by atoms with E-state index < -0.39 is 0 Å². The highest BCUT2D eigenvalue weighted by atomic mass is 16.2. The monoisotopic (exact) mass is 379 g/mol. The van der Waals surface area contributed by atoms with Crippen LogP contribution in [-0.2, 0) is 13.6 Å². The standard InChI is InChI=1S/C22H29N5O/c1-21(2,3)25-20-22(23-14-16-8-5-6-9-17(16)24-20)11-13-27(15-22)19(28)18-10-7-12-26(18)4/h5-10,12,23H,11,13-15H2,1-4H3,(H,24,25)/t22-/m0/s1. The lowest BCUT2D eigenvalue weighted by atomic mass is 9.95. The van der Waals surface area contributed by atoms with Crippen LogP contribution in [0, 0.1) is 0 Å². The number of anilines is 1. The summed E-state index contributed by atoms with van der Waals surface area (Å²) in [6.45, 7) is 8.37. The number of carbonyl (C=O) groups is 1. The second kappa shape index (κ2) is 6.78. The minimum atomic E-state index is -0.368. The Bertz CT molecular complexity index is 923. The molecule has 2 aliphatic heterocycles. The Hall–Kier alpha value is -2.60. The highest BCUT2D eigenvalue weighted by Gasteiger charge is 2.46. The van der Waals surface area contributed by atoms with Gasteiger partial charge < -0.3 is 14.8 Å². The lowest BCUT2D eigenvalue weighted by molar-refractivity contribution is 0.0776. The van der Waals surface area contributed by atoms with Gasteiger partial charge in [0.1, 0.15) is 11.5 Å². The highest BCUT2D eigenvalue weighted by Crippen LogP contribution is 2.31. The summed E-state index contributed by atoms with van der Waals surface area (Å²) in [4.78, 5) is 20.0. The minimum Gasteiger partial charge on any atom is -0.347 e. The van der Waals surface area contributed by atoms with E-state index in [-0.39, 0.29) is 17.0 Å². The van der Waals surface area contributed by atoms with Gasteiger partial charge in [0.25, 0.3) is 5.91 Å². The Morgan fingerprint density at radius 3 is 2.68 bits per heavy atom. The number of amidine groups is 1. The minimum absolute atomic E-state index is 0.0723. The number of nitrogens with zero attached hydrogens (tertiary/aromatic N) is 3. The first kappa shape index (κ1) is 18.7. The zero-order valence-electron chi connectivity index (χ0n) is 17.1. The Kier molecular flexibility index (Phi) is 4.54. The maximum atomic E-state index is 13.1. The van der Waals surface area contributed by atoms with Crippen LogP contribution in [0.3, 0.4) is 0 Å². The molecule has 2 N–H and O–H groups in total. The van der Waals surface area contributed by atoms with Gasteiger partial charge >= 0.3 is 0 Å². The summed E-state index contributed by atoms with van der Waals surface area (Å²) in [6.07, 6.45) is 2.74. The van der Waals surface area contributed by atoms with E-state index in [4.69, 9.17) is 4.99 Å². The van der Waals surface area contributed by atoms with E-state index in [0.29, 0.717) is 13.1 Å². The van der Waals surface area contributed by atoms with E-state index in [2.05, 4.69) is 49.6 Å². The fraction of sp³-hybridized carbons (Fsp3) is 0.455. The predicted molar refractivity (Wildman–Crippen MR) is 113 cm³/mol. The third-order valence-electron chi connectivity index (χ3n) is 5.51. The molecule has 2 aliphatic rings. The SMILES string of the molecule is Cn1cccc1C(=O)N1CC[C@@]2(C1)NCc1ccccc1NC2=NC(C)(C)C. The van der Waals surface area contributed by atoms with Gasteiger partial charge in [0.05, 0.1) is 11.1 Å². The summed E-state index contributed by atoms with van der Waals surface area (Å²) in [5.74, 6) is 0.996. The molecule has 0 bridgehead atoms. The van der Waals surface area contributed by atoms with Crippen molar-refractivity contribution in [3.8, 4) is 0 Å². The van der Waals surface area contributed by atoms with Gasteiger partial charge in [0.2, 0.25) is 0 Å². The molecular formula is C22H29N5O. The first-order chi connectivity index (χ1) is 13.3. The molecule has 3 heterocycles. The number of amides is 1. The van der Waals surface area contributed by atoms with Crippen molar-refractivity contribution in [2.24, 2.45) is 12.0 Å². The smallest absolute Gasteiger partial charge is 0.270 e. The molecule has 0 aliphatic carbocycles. The van der Waals surface area contributed by atoms with Crippen molar-refractivity contribution in [3.63, 3.8) is 0 Å². The van der Waals surface area contributed by atoms with Gasteiger partial charge in [-0.3, -0.25) is 15.1 Å². The summed E-state index contributed by atoms with van der Waals surface area (Å²) >= 11 is 0. The van der Waals surface area contributed by atoms with E-state index in [0.717, 1.165) is 30.2 Å². The van der Waals surface area contributed by atoms with Gasteiger partial charge in [-0.2, -0.15) is 0 Å². The van der Waals surface area contributed by atoms with E-state index in [9.17, 15) is 4.79 Å². The number of rotatable bonds is 1. The predicted octanol–water partition coefficient (Wildman–Crippen LogP) is 3.02.